The van der Waals surface area contributed by atoms with Gasteiger partial charge in [-0.2, -0.15) is 0 Å². The second-order valence-electron chi connectivity index (χ2n) is 7.49. The fraction of sp³-hybridized carbons (Fsp3) is 0.364. The first-order valence-corrected chi connectivity index (χ1v) is 9.16. The fourth-order valence-electron chi connectivity index (χ4n) is 2.70. The van der Waals surface area contributed by atoms with Gasteiger partial charge >= 0.3 is 0 Å². The van der Waals surface area contributed by atoms with Crippen molar-refractivity contribution in [2.75, 3.05) is 19.5 Å². The standard InChI is InChI=1S/C22H28N2O4/c1-22(2,3)24-21(26)16-8-6-7-9-17(16)23-20(25)13-11-15-10-12-18(27-4)19(14-15)28-5/h6-10,12,14H,11,13H2,1-5H3,(H,23,25)(H,24,26). The van der Waals surface area contributed by atoms with Crippen LogP contribution in [0.4, 0.5) is 5.69 Å². The number of amides is 2. The molecule has 2 N–H and O–H groups in total. The molecule has 6 nitrogen and oxygen atoms in total. The number of carbonyl (C=O) groups is 2. The van der Waals surface area contributed by atoms with Crippen LogP contribution in [0.3, 0.4) is 0 Å². The largest absolute Gasteiger partial charge is 0.493 e. The number of nitrogens with one attached hydrogen (secondary N) is 2. The smallest absolute Gasteiger partial charge is 0.253 e. The van der Waals surface area contributed by atoms with E-state index in [0.29, 0.717) is 29.2 Å². The Morgan fingerprint density at radius 3 is 2.29 bits per heavy atom. The van der Waals surface area contributed by atoms with Crippen molar-refractivity contribution in [3.05, 3.63) is 53.6 Å². The molecule has 0 fully saturated rings. The molecule has 0 unspecified atom stereocenters. The highest BCUT2D eigenvalue weighted by Gasteiger charge is 2.18. The fourth-order valence-corrected chi connectivity index (χ4v) is 2.70. The molecule has 0 aliphatic carbocycles. The first-order chi connectivity index (χ1) is 13.2. The molecule has 0 aliphatic rings. The summed E-state index contributed by atoms with van der Waals surface area (Å²) in [6, 6.07) is 12.6. The minimum atomic E-state index is -0.359. The molecule has 0 spiro atoms. The molecule has 0 heterocycles. The van der Waals surface area contributed by atoms with Crippen LogP contribution in [0.5, 0.6) is 11.5 Å². The van der Waals surface area contributed by atoms with Crippen LogP contribution in [0.1, 0.15) is 43.1 Å². The number of benzene rings is 2. The van der Waals surface area contributed by atoms with E-state index in [4.69, 9.17) is 9.47 Å². The van der Waals surface area contributed by atoms with Crippen LogP contribution in [0.25, 0.3) is 0 Å². The number of hydrogen-bond donors (Lipinski definition) is 2. The summed E-state index contributed by atoms with van der Waals surface area (Å²) in [4.78, 5) is 24.9. The van der Waals surface area contributed by atoms with Gasteiger partial charge in [0.2, 0.25) is 5.91 Å². The molecule has 2 aromatic carbocycles. The number of methoxy groups -OCH3 is 2. The number of aryl methyl sites for hydroxylation is 1. The summed E-state index contributed by atoms with van der Waals surface area (Å²) in [5.74, 6) is 0.896. The van der Waals surface area contributed by atoms with E-state index in [0.717, 1.165) is 5.56 Å². The second kappa shape index (κ2) is 9.26. The SMILES string of the molecule is COc1ccc(CCC(=O)Nc2ccccc2C(=O)NC(C)(C)C)cc1OC. The number of ether oxygens (including phenoxy) is 2. The molecule has 0 saturated heterocycles. The summed E-state index contributed by atoms with van der Waals surface area (Å²) in [7, 11) is 3.16. The van der Waals surface area contributed by atoms with Gasteiger partial charge < -0.3 is 20.1 Å². The molecular formula is C22H28N2O4. The maximum absolute atomic E-state index is 12.5. The lowest BCUT2D eigenvalue weighted by Crippen LogP contribution is -2.40. The van der Waals surface area contributed by atoms with Gasteiger partial charge in [0.1, 0.15) is 0 Å². The summed E-state index contributed by atoms with van der Waals surface area (Å²) in [5.41, 5.74) is 1.55. The normalized spacial score (nSPS) is 10.9. The maximum atomic E-state index is 12.5. The first-order valence-electron chi connectivity index (χ1n) is 9.16. The average molecular weight is 384 g/mol. The third-order valence-corrected chi connectivity index (χ3v) is 4.02. The highest BCUT2D eigenvalue weighted by molar-refractivity contribution is 6.04. The minimum absolute atomic E-state index is 0.161. The van der Waals surface area contributed by atoms with Crippen molar-refractivity contribution in [1.82, 2.24) is 5.32 Å². The Hall–Kier alpha value is -3.02. The Bertz CT molecular complexity index is 841. The van der Waals surface area contributed by atoms with Crippen molar-refractivity contribution in [3.63, 3.8) is 0 Å². The summed E-state index contributed by atoms with van der Waals surface area (Å²) in [6.45, 7) is 5.74. The van der Waals surface area contributed by atoms with Gasteiger partial charge in [-0.1, -0.05) is 18.2 Å². The summed E-state index contributed by atoms with van der Waals surface area (Å²) in [5, 5.41) is 5.76. The predicted molar refractivity (Wildman–Crippen MR) is 110 cm³/mol. The Kier molecular flexibility index (Phi) is 7.04. The summed E-state index contributed by atoms with van der Waals surface area (Å²) >= 11 is 0. The quantitative estimate of drug-likeness (QED) is 0.761. The first kappa shape index (κ1) is 21.3. The highest BCUT2D eigenvalue weighted by atomic mass is 16.5. The lowest BCUT2D eigenvalue weighted by molar-refractivity contribution is -0.116. The maximum Gasteiger partial charge on any atom is 0.253 e. The molecule has 0 atom stereocenters. The molecule has 0 bridgehead atoms. The van der Waals surface area contributed by atoms with Crippen molar-refractivity contribution < 1.29 is 19.1 Å². The van der Waals surface area contributed by atoms with Gasteiger partial charge in [0.25, 0.3) is 5.91 Å². The Morgan fingerprint density at radius 1 is 0.964 bits per heavy atom. The zero-order valence-electron chi connectivity index (χ0n) is 17.1. The Balaban J connectivity index is 2.03. The van der Waals surface area contributed by atoms with Crippen molar-refractivity contribution in [2.24, 2.45) is 0 Å². The number of anilines is 1. The number of carbonyl (C=O) groups excluding carboxylic acids is 2. The number of rotatable bonds is 7. The molecule has 28 heavy (non-hydrogen) atoms. The molecular weight excluding hydrogens is 356 g/mol. The summed E-state index contributed by atoms with van der Waals surface area (Å²) < 4.78 is 10.5. The Labute approximate surface area is 166 Å². The minimum Gasteiger partial charge on any atom is -0.493 e. The topological polar surface area (TPSA) is 76.7 Å². The van der Waals surface area contributed by atoms with Crippen LogP contribution in [-0.2, 0) is 11.2 Å². The van der Waals surface area contributed by atoms with Gasteiger partial charge in [-0.05, 0) is 57.0 Å². The van der Waals surface area contributed by atoms with E-state index in [1.165, 1.54) is 0 Å². The zero-order valence-corrected chi connectivity index (χ0v) is 17.1. The molecule has 0 aromatic heterocycles. The van der Waals surface area contributed by atoms with Crippen molar-refractivity contribution in [2.45, 2.75) is 39.2 Å². The van der Waals surface area contributed by atoms with E-state index in [-0.39, 0.29) is 23.8 Å². The molecule has 0 saturated carbocycles. The van der Waals surface area contributed by atoms with E-state index in [9.17, 15) is 9.59 Å². The van der Waals surface area contributed by atoms with Gasteiger partial charge in [0, 0.05) is 12.0 Å². The van der Waals surface area contributed by atoms with Crippen LogP contribution in [-0.4, -0.2) is 31.6 Å². The summed E-state index contributed by atoms with van der Waals surface area (Å²) in [6.07, 6.45) is 0.827. The van der Waals surface area contributed by atoms with Crippen LogP contribution >= 0.6 is 0 Å². The second-order valence-corrected chi connectivity index (χ2v) is 7.49. The average Bonchev–Trinajstić information content (AvgIpc) is 2.65. The molecule has 150 valence electrons. The lowest BCUT2D eigenvalue weighted by atomic mass is 10.1. The van der Waals surface area contributed by atoms with E-state index in [1.54, 1.807) is 38.5 Å². The molecule has 0 radical (unpaired) electrons. The molecule has 0 aliphatic heterocycles. The van der Waals surface area contributed by atoms with Gasteiger partial charge in [-0.3, -0.25) is 9.59 Å². The monoisotopic (exact) mass is 384 g/mol. The van der Waals surface area contributed by atoms with Gasteiger partial charge in [0.05, 0.1) is 25.5 Å². The highest BCUT2D eigenvalue weighted by Crippen LogP contribution is 2.28. The van der Waals surface area contributed by atoms with E-state index < -0.39 is 0 Å². The van der Waals surface area contributed by atoms with E-state index >= 15 is 0 Å². The van der Waals surface area contributed by atoms with Crippen LogP contribution in [0, 0.1) is 0 Å². The number of hydrogen-bond acceptors (Lipinski definition) is 4. The van der Waals surface area contributed by atoms with Gasteiger partial charge in [-0.25, -0.2) is 0 Å². The third kappa shape index (κ3) is 6.01. The number of para-hydroxylation sites is 1. The van der Waals surface area contributed by atoms with Crippen molar-refractivity contribution >= 4 is 17.5 Å². The van der Waals surface area contributed by atoms with E-state index in [1.807, 2.05) is 39.0 Å². The van der Waals surface area contributed by atoms with Crippen LogP contribution < -0.4 is 20.1 Å². The van der Waals surface area contributed by atoms with Gasteiger partial charge in [-0.15, -0.1) is 0 Å². The molecule has 2 rings (SSSR count). The molecule has 2 aromatic rings. The predicted octanol–water partition coefficient (Wildman–Crippen LogP) is 3.80. The third-order valence-electron chi connectivity index (χ3n) is 4.02. The Morgan fingerprint density at radius 2 is 1.64 bits per heavy atom. The van der Waals surface area contributed by atoms with E-state index in [2.05, 4.69) is 10.6 Å². The van der Waals surface area contributed by atoms with Crippen molar-refractivity contribution in [3.8, 4) is 11.5 Å². The zero-order chi connectivity index (χ0) is 20.7. The lowest BCUT2D eigenvalue weighted by Gasteiger charge is -2.21. The van der Waals surface area contributed by atoms with Crippen LogP contribution in [0.15, 0.2) is 42.5 Å². The van der Waals surface area contributed by atoms with Crippen molar-refractivity contribution in [1.29, 1.82) is 0 Å². The molecule has 6 heteroatoms. The molecule has 2 amide bonds. The van der Waals surface area contributed by atoms with Crippen LogP contribution in [0.2, 0.25) is 0 Å². The van der Waals surface area contributed by atoms with Gasteiger partial charge in [0.15, 0.2) is 11.5 Å².